The molecule has 1 fully saturated rings. The second-order valence-electron chi connectivity index (χ2n) is 5.70. The van der Waals surface area contributed by atoms with E-state index in [9.17, 15) is 4.39 Å². The van der Waals surface area contributed by atoms with Crippen LogP contribution in [0.5, 0.6) is 0 Å². The van der Waals surface area contributed by atoms with Gasteiger partial charge >= 0.3 is 0 Å². The molecule has 0 aliphatic carbocycles. The Hall–Kier alpha value is -1.99. The van der Waals surface area contributed by atoms with Crippen LogP contribution in [-0.4, -0.2) is 34.9 Å². The molecule has 1 aromatic carbocycles. The molecule has 2 atom stereocenters. The molecule has 2 aliphatic heterocycles. The summed E-state index contributed by atoms with van der Waals surface area (Å²) in [5, 5.41) is 0.556. The highest BCUT2D eigenvalue weighted by molar-refractivity contribution is 8.14. The summed E-state index contributed by atoms with van der Waals surface area (Å²) in [6.45, 7) is 1.83. The summed E-state index contributed by atoms with van der Waals surface area (Å²) in [7, 11) is 0. The topological polar surface area (TPSA) is 73.4 Å². The van der Waals surface area contributed by atoms with E-state index in [1.165, 1.54) is 24.2 Å². The van der Waals surface area contributed by atoms with E-state index >= 15 is 0 Å². The van der Waals surface area contributed by atoms with E-state index in [1.54, 1.807) is 12.4 Å². The van der Waals surface area contributed by atoms with Crippen molar-refractivity contribution in [3.8, 4) is 11.1 Å². The number of nitrogens with zero attached hydrogens (tertiary/aromatic N) is 3. The average molecular weight is 330 g/mol. The molecule has 0 saturated carbocycles. The Labute approximate surface area is 137 Å². The van der Waals surface area contributed by atoms with Gasteiger partial charge in [-0.2, -0.15) is 0 Å². The molecular weight excluding hydrogens is 315 g/mol. The molecule has 2 aliphatic rings. The van der Waals surface area contributed by atoms with Gasteiger partial charge in [0.05, 0.1) is 18.0 Å². The van der Waals surface area contributed by atoms with E-state index in [-0.39, 0.29) is 16.5 Å². The van der Waals surface area contributed by atoms with Crippen molar-refractivity contribution in [3.05, 3.63) is 48.3 Å². The van der Waals surface area contributed by atoms with Gasteiger partial charge in [-0.15, -0.1) is 0 Å². The van der Waals surface area contributed by atoms with E-state index in [4.69, 9.17) is 10.5 Å². The minimum Gasteiger partial charge on any atom is -0.379 e. The Morgan fingerprint density at radius 2 is 2.13 bits per heavy atom. The highest BCUT2D eigenvalue weighted by Gasteiger charge is 2.49. The third kappa shape index (κ3) is 2.40. The van der Waals surface area contributed by atoms with Crippen molar-refractivity contribution in [2.45, 2.75) is 4.75 Å². The van der Waals surface area contributed by atoms with E-state index in [2.05, 4.69) is 15.0 Å². The van der Waals surface area contributed by atoms with Crippen molar-refractivity contribution in [1.82, 2.24) is 9.97 Å². The van der Waals surface area contributed by atoms with Crippen LogP contribution < -0.4 is 5.73 Å². The minimum absolute atomic E-state index is 0.241. The van der Waals surface area contributed by atoms with Gasteiger partial charge in [0.2, 0.25) is 0 Å². The third-order valence-corrected chi connectivity index (χ3v) is 5.77. The van der Waals surface area contributed by atoms with Crippen molar-refractivity contribution in [1.29, 1.82) is 0 Å². The van der Waals surface area contributed by atoms with Crippen LogP contribution in [0, 0.1) is 11.7 Å². The first-order valence-corrected chi connectivity index (χ1v) is 8.13. The largest absolute Gasteiger partial charge is 0.379 e. The Bertz CT molecular complexity index is 770. The summed E-state index contributed by atoms with van der Waals surface area (Å²) in [5.41, 5.74) is 8.10. The zero-order valence-electron chi connectivity index (χ0n) is 12.3. The van der Waals surface area contributed by atoms with Crippen molar-refractivity contribution >= 4 is 16.9 Å². The average Bonchev–Trinajstić information content (AvgIpc) is 3.00. The van der Waals surface area contributed by atoms with E-state index in [0.29, 0.717) is 36.1 Å². The predicted octanol–water partition coefficient (Wildman–Crippen LogP) is 2.19. The first kappa shape index (κ1) is 14.6. The fourth-order valence-corrected chi connectivity index (χ4v) is 4.37. The van der Waals surface area contributed by atoms with Crippen LogP contribution >= 0.6 is 11.8 Å². The number of aromatic nitrogens is 2. The number of rotatable bonds is 2. The molecule has 0 radical (unpaired) electrons. The lowest BCUT2D eigenvalue weighted by Crippen LogP contribution is -2.39. The summed E-state index contributed by atoms with van der Waals surface area (Å²) < 4.78 is 19.7. The lowest BCUT2D eigenvalue weighted by molar-refractivity contribution is 0.183. The number of aliphatic imine (C=N–C) groups is 1. The van der Waals surface area contributed by atoms with Crippen molar-refractivity contribution in [2.24, 2.45) is 16.6 Å². The first-order chi connectivity index (χ1) is 11.2. The zero-order valence-corrected chi connectivity index (χ0v) is 13.1. The SMILES string of the molecule is NC1=NCC2COCC2(c2ccc(F)c(-c3cncnc3)c2)S1. The van der Waals surface area contributed by atoms with Gasteiger partial charge in [-0.1, -0.05) is 17.8 Å². The molecule has 2 aromatic rings. The number of halogens is 1. The van der Waals surface area contributed by atoms with Gasteiger partial charge in [0.1, 0.15) is 12.1 Å². The van der Waals surface area contributed by atoms with Crippen molar-refractivity contribution in [3.63, 3.8) is 0 Å². The van der Waals surface area contributed by atoms with Gasteiger partial charge in [0.15, 0.2) is 5.17 Å². The van der Waals surface area contributed by atoms with Crippen LogP contribution in [0.2, 0.25) is 0 Å². The lowest BCUT2D eigenvalue weighted by Gasteiger charge is -2.35. The molecule has 4 rings (SSSR count). The molecule has 1 saturated heterocycles. The molecule has 5 nitrogen and oxygen atoms in total. The van der Waals surface area contributed by atoms with Crippen LogP contribution in [0.4, 0.5) is 4.39 Å². The summed E-state index contributed by atoms with van der Waals surface area (Å²) in [4.78, 5) is 12.3. The molecule has 23 heavy (non-hydrogen) atoms. The fraction of sp³-hybridized carbons (Fsp3) is 0.312. The van der Waals surface area contributed by atoms with Gasteiger partial charge < -0.3 is 10.5 Å². The number of hydrogen-bond donors (Lipinski definition) is 1. The normalized spacial score (nSPS) is 26.7. The maximum Gasteiger partial charge on any atom is 0.154 e. The monoisotopic (exact) mass is 330 g/mol. The smallest absolute Gasteiger partial charge is 0.154 e. The minimum atomic E-state index is -0.302. The van der Waals surface area contributed by atoms with Crippen LogP contribution in [0.15, 0.2) is 41.9 Å². The summed E-state index contributed by atoms with van der Waals surface area (Å²) in [5.74, 6) is -0.0528. The molecule has 7 heteroatoms. The molecule has 0 amide bonds. The first-order valence-electron chi connectivity index (χ1n) is 7.31. The van der Waals surface area contributed by atoms with Gasteiger partial charge in [0, 0.05) is 36.0 Å². The standard InChI is InChI=1S/C16H15FN4OS/c17-14-2-1-11(3-13(14)10-4-19-9-20-5-10)16-8-22-7-12(16)6-21-15(18)23-16/h1-5,9,12H,6-8H2,(H2,18,21). The lowest BCUT2D eigenvalue weighted by atomic mass is 9.86. The fourth-order valence-electron chi connectivity index (χ4n) is 3.16. The number of benzene rings is 1. The third-order valence-electron chi connectivity index (χ3n) is 4.38. The van der Waals surface area contributed by atoms with E-state index < -0.39 is 0 Å². The molecule has 2 unspecified atom stereocenters. The van der Waals surface area contributed by atoms with Crippen LogP contribution in [0.3, 0.4) is 0 Å². The number of thioether (sulfide) groups is 1. The van der Waals surface area contributed by atoms with Crippen LogP contribution in [-0.2, 0) is 9.48 Å². The number of fused-ring (bicyclic) bond motifs is 1. The Balaban J connectivity index is 1.82. The quantitative estimate of drug-likeness (QED) is 0.914. The van der Waals surface area contributed by atoms with E-state index in [0.717, 1.165) is 5.56 Å². The predicted molar refractivity (Wildman–Crippen MR) is 87.5 cm³/mol. The Kier molecular flexibility index (Phi) is 3.54. The number of ether oxygens (including phenoxy) is 1. The van der Waals surface area contributed by atoms with E-state index in [1.807, 2.05) is 12.1 Å². The molecule has 3 heterocycles. The van der Waals surface area contributed by atoms with Gasteiger partial charge in [-0.3, -0.25) is 4.99 Å². The van der Waals surface area contributed by atoms with Crippen molar-refractivity contribution in [2.75, 3.05) is 19.8 Å². The summed E-state index contributed by atoms with van der Waals surface area (Å²) >= 11 is 1.52. The number of hydrogen-bond acceptors (Lipinski definition) is 6. The second kappa shape index (κ2) is 5.58. The number of amidine groups is 1. The van der Waals surface area contributed by atoms with Crippen LogP contribution in [0.1, 0.15) is 5.56 Å². The highest BCUT2D eigenvalue weighted by atomic mass is 32.2. The summed E-state index contributed by atoms with van der Waals surface area (Å²) in [6.07, 6.45) is 4.65. The van der Waals surface area contributed by atoms with Crippen molar-refractivity contribution < 1.29 is 9.13 Å². The molecule has 1 aromatic heterocycles. The van der Waals surface area contributed by atoms with Gasteiger partial charge in [-0.05, 0) is 17.7 Å². The molecular formula is C16H15FN4OS. The molecule has 2 N–H and O–H groups in total. The second-order valence-corrected chi connectivity index (χ2v) is 7.06. The maximum atomic E-state index is 14.3. The maximum absolute atomic E-state index is 14.3. The summed E-state index contributed by atoms with van der Waals surface area (Å²) in [6, 6.07) is 5.17. The highest BCUT2D eigenvalue weighted by Crippen LogP contribution is 2.50. The molecule has 0 spiro atoms. The van der Waals surface area contributed by atoms with Gasteiger partial charge in [0.25, 0.3) is 0 Å². The zero-order chi connectivity index (χ0) is 15.9. The molecule has 118 valence electrons. The van der Waals surface area contributed by atoms with Gasteiger partial charge in [-0.25, -0.2) is 14.4 Å². The Morgan fingerprint density at radius 3 is 2.96 bits per heavy atom. The van der Waals surface area contributed by atoms with Crippen LogP contribution in [0.25, 0.3) is 11.1 Å². The molecule has 0 bridgehead atoms. The number of nitrogens with two attached hydrogens (primary N) is 1. The Morgan fingerprint density at radius 1 is 1.30 bits per heavy atom.